The number of carbonyl (C=O) groups excluding carboxylic acids is 1. The van der Waals surface area contributed by atoms with Crippen LogP contribution in [0.1, 0.15) is 51.0 Å². The third-order valence-corrected chi connectivity index (χ3v) is 10.3. The number of nitrogens with zero attached hydrogens (tertiary/aromatic N) is 2. The summed E-state index contributed by atoms with van der Waals surface area (Å²) in [6.45, 7) is 2.83. The number of alkyl halides is 3. The molecular formula is C24H32F3N3O3S. The van der Waals surface area contributed by atoms with E-state index in [9.17, 15) is 26.4 Å². The number of hydrogen-bond donors (Lipinski definition) is 1. The summed E-state index contributed by atoms with van der Waals surface area (Å²) in [6, 6.07) is 3.47. The molecule has 0 spiro atoms. The van der Waals surface area contributed by atoms with Crippen molar-refractivity contribution in [3.05, 3.63) is 29.8 Å². The Morgan fingerprint density at radius 1 is 1.03 bits per heavy atom. The van der Waals surface area contributed by atoms with Crippen molar-refractivity contribution in [2.75, 3.05) is 26.2 Å². The molecule has 4 aliphatic carbocycles. The van der Waals surface area contributed by atoms with E-state index in [1.807, 2.05) is 11.8 Å². The number of piperazine rings is 1. The zero-order valence-corrected chi connectivity index (χ0v) is 20.2. The molecule has 1 N–H and O–H groups in total. The number of hydrogen-bond acceptors (Lipinski definition) is 4. The van der Waals surface area contributed by atoms with E-state index in [2.05, 4.69) is 5.32 Å². The van der Waals surface area contributed by atoms with Crippen molar-refractivity contribution in [1.82, 2.24) is 14.5 Å². The quantitative estimate of drug-likeness (QED) is 0.674. The highest BCUT2D eigenvalue weighted by atomic mass is 32.2. The molecule has 1 aromatic rings. The maximum Gasteiger partial charge on any atom is 0.416 e. The Morgan fingerprint density at radius 3 is 2.12 bits per heavy atom. The van der Waals surface area contributed by atoms with Crippen LogP contribution < -0.4 is 5.32 Å². The van der Waals surface area contributed by atoms with E-state index >= 15 is 0 Å². The van der Waals surface area contributed by atoms with Crippen molar-refractivity contribution in [3.63, 3.8) is 0 Å². The molecule has 1 saturated heterocycles. The van der Waals surface area contributed by atoms with Crippen molar-refractivity contribution in [2.45, 2.75) is 68.1 Å². The highest BCUT2D eigenvalue weighted by molar-refractivity contribution is 7.89. The molecule has 5 fully saturated rings. The van der Waals surface area contributed by atoms with Gasteiger partial charge in [0.1, 0.15) is 0 Å². The van der Waals surface area contributed by atoms with Crippen LogP contribution in [0.25, 0.3) is 0 Å². The number of amides is 1. The molecular weight excluding hydrogens is 467 g/mol. The third-order valence-electron chi connectivity index (χ3n) is 8.43. The van der Waals surface area contributed by atoms with Gasteiger partial charge in [0.15, 0.2) is 0 Å². The molecule has 0 radical (unpaired) electrons. The average molecular weight is 500 g/mol. The minimum absolute atomic E-state index is 0.00358. The van der Waals surface area contributed by atoms with Gasteiger partial charge >= 0.3 is 6.18 Å². The SMILES string of the molecule is CC(C(=O)NC12CC3CC(CC(C3)C1)C2)N1CCN(S(=O)(=O)c2cccc(C(F)(F)F)c2)CC1. The summed E-state index contributed by atoms with van der Waals surface area (Å²) in [5, 5.41) is 3.39. The lowest BCUT2D eigenvalue weighted by Crippen LogP contribution is -2.63. The summed E-state index contributed by atoms with van der Waals surface area (Å²) in [6.07, 6.45) is 2.50. The van der Waals surface area contributed by atoms with Gasteiger partial charge in [0, 0.05) is 31.7 Å². The van der Waals surface area contributed by atoms with Crippen LogP contribution in [0.2, 0.25) is 0 Å². The average Bonchev–Trinajstić information content (AvgIpc) is 2.77. The summed E-state index contributed by atoms with van der Waals surface area (Å²) in [5.74, 6) is 2.18. The fourth-order valence-electron chi connectivity index (χ4n) is 7.11. The second kappa shape index (κ2) is 8.48. The number of carbonyl (C=O) groups is 1. The fraction of sp³-hybridized carbons (Fsp3) is 0.708. The summed E-state index contributed by atoms with van der Waals surface area (Å²) >= 11 is 0. The molecule has 34 heavy (non-hydrogen) atoms. The highest BCUT2D eigenvalue weighted by Gasteiger charge is 2.52. The van der Waals surface area contributed by atoms with E-state index in [1.165, 1.54) is 29.6 Å². The molecule has 0 aromatic heterocycles. The molecule has 6 nitrogen and oxygen atoms in total. The van der Waals surface area contributed by atoms with Crippen molar-refractivity contribution in [2.24, 2.45) is 17.8 Å². The van der Waals surface area contributed by atoms with Gasteiger partial charge in [-0.15, -0.1) is 0 Å². The smallest absolute Gasteiger partial charge is 0.349 e. The van der Waals surface area contributed by atoms with Gasteiger partial charge < -0.3 is 5.32 Å². The fourth-order valence-corrected chi connectivity index (χ4v) is 8.58. The lowest BCUT2D eigenvalue weighted by Gasteiger charge is -2.57. The van der Waals surface area contributed by atoms with Gasteiger partial charge in [0.25, 0.3) is 0 Å². The van der Waals surface area contributed by atoms with E-state index in [4.69, 9.17) is 0 Å². The van der Waals surface area contributed by atoms with E-state index < -0.39 is 21.8 Å². The zero-order chi connectivity index (χ0) is 24.3. The van der Waals surface area contributed by atoms with Crippen LogP contribution in [0.5, 0.6) is 0 Å². The van der Waals surface area contributed by atoms with Crippen molar-refractivity contribution < 1.29 is 26.4 Å². The summed E-state index contributed by atoms with van der Waals surface area (Å²) in [5.41, 5.74) is -1.06. The molecule has 1 unspecified atom stereocenters. The molecule has 10 heteroatoms. The molecule has 1 aliphatic heterocycles. The maximum atomic E-state index is 13.2. The first-order valence-corrected chi connectivity index (χ1v) is 13.6. The molecule has 5 aliphatic rings. The van der Waals surface area contributed by atoms with Crippen LogP contribution in [0.15, 0.2) is 29.2 Å². The lowest BCUT2D eigenvalue weighted by molar-refractivity contribution is -0.137. The highest BCUT2D eigenvalue weighted by Crippen LogP contribution is 2.55. The van der Waals surface area contributed by atoms with Gasteiger partial charge in [0.2, 0.25) is 15.9 Å². The first-order chi connectivity index (χ1) is 16.0. The van der Waals surface area contributed by atoms with Gasteiger partial charge in [0.05, 0.1) is 16.5 Å². The van der Waals surface area contributed by atoms with Gasteiger partial charge in [-0.05, 0) is 81.4 Å². The topological polar surface area (TPSA) is 69.7 Å². The normalized spacial score (nSPS) is 33.1. The first kappa shape index (κ1) is 24.1. The molecule has 1 heterocycles. The van der Waals surface area contributed by atoms with Gasteiger partial charge in [-0.1, -0.05) is 6.07 Å². The van der Waals surface area contributed by atoms with Crippen molar-refractivity contribution in [3.8, 4) is 0 Å². The molecule has 4 bridgehead atoms. The molecule has 188 valence electrons. The summed E-state index contributed by atoms with van der Waals surface area (Å²) < 4.78 is 66.2. The third kappa shape index (κ3) is 4.48. The Balaban J connectivity index is 1.20. The summed E-state index contributed by atoms with van der Waals surface area (Å²) in [7, 11) is -4.04. The molecule has 6 rings (SSSR count). The lowest BCUT2D eigenvalue weighted by atomic mass is 9.53. The molecule has 1 amide bonds. The predicted octanol–water partition coefficient (Wildman–Crippen LogP) is 3.49. The van der Waals surface area contributed by atoms with Crippen LogP contribution >= 0.6 is 0 Å². The van der Waals surface area contributed by atoms with Gasteiger partial charge in [-0.3, -0.25) is 9.69 Å². The molecule has 4 saturated carbocycles. The number of nitrogens with one attached hydrogen (secondary N) is 1. The van der Waals surface area contributed by atoms with Crippen LogP contribution in [0.4, 0.5) is 13.2 Å². The molecule has 1 atom stereocenters. The Labute approximate surface area is 198 Å². The van der Waals surface area contributed by atoms with E-state index in [0.29, 0.717) is 19.2 Å². The Hall–Kier alpha value is -1.65. The molecule has 1 aromatic carbocycles. The number of halogens is 3. The standard InChI is InChI=1S/C24H32F3N3O3S/c1-16(22(31)28-23-13-17-9-18(14-23)11-19(10-17)15-23)29-5-7-30(8-6-29)34(32,33)21-4-2-3-20(12-21)24(25,26)27/h2-4,12,16-19H,5-11,13-15H2,1H3,(H,28,31). The van der Waals surface area contributed by atoms with Crippen LogP contribution in [0, 0.1) is 17.8 Å². The predicted molar refractivity (Wildman–Crippen MR) is 120 cm³/mol. The van der Waals surface area contributed by atoms with Crippen molar-refractivity contribution >= 4 is 15.9 Å². The summed E-state index contributed by atoms with van der Waals surface area (Å²) in [4.78, 5) is 14.8. The zero-order valence-electron chi connectivity index (χ0n) is 19.4. The van der Waals surface area contributed by atoms with Gasteiger partial charge in [-0.2, -0.15) is 17.5 Å². The van der Waals surface area contributed by atoms with Crippen LogP contribution in [-0.4, -0.2) is 61.3 Å². The van der Waals surface area contributed by atoms with Crippen LogP contribution in [-0.2, 0) is 21.0 Å². The minimum atomic E-state index is -4.61. The van der Waals surface area contributed by atoms with Crippen LogP contribution in [0.3, 0.4) is 0 Å². The van der Waals surface area contributed by atoms with E-state index in [1.54, 1.807) is 0 Å². The Kier molecular flexibility index (Phi) is 6.00. The first-order valence-electron chi connectivity index (χ1n) is 12.2. The minimum Gasteiger partial charge on any atom is -0.349 e. The van der Waals surface area contributed by atoms with Gasteiger partial charge in [-0.25, -0.2) is 8.42 Å². The Morgan fingerprint density at radius 2 is 1.59 bits per heavy atom. The van der Waals surface area contributed by atoms with E-state index in [-0.39, 0.29) is 35.5 Å². The largest absolute Gasteiger partial charge is 0.416 e. The Bertz CT molecular complexity index is 1020. The monoisotopic (exact) mass is 499 g/mol. The van der Waals surface area contributed by atoms with E-state index in [0.717, 1.165) is 49.1 Å². The number of sulfonamides is 1. The van der Waals surface area contributed by atoms with Crippen molar-refractivity contribution in [1.29, 1.82) is 0 Å². The second-order valence-electron chi connectivity index (χ2n) is 10.8. The second-order valence-corrected chi connectivity index (χ2v) is 12.8. The number of benzene rings is 1. The maximum absolute atomic E-state index is 13.2. The number of rotatable bonds is 5.